The van der Waals surface area contributed by atoms with E-state index < -0.39 is 5.97 Å². The number of anilines is 1. The van der Waals surface area contributed by atoms with E-state index in [9.17, 15) is 4.79 Å². The van der Waals surface area contributed by atoms with Gasteiger partial charge in [-0.15, -0.1) is 11.3 Å². The fourth-order valence-corrected chi connectivity index (χ4v) is 2.44. The highest BCUT2D eigenvalue weighted by Gasteiger charge is 2.12. The maximum Gasteiger partial charge on any atom is 0.365 e. The maximum atomic E-state index is 10.8. The van der Waals surface area contributed by atoms with Crippen molar-refractivity contribution in [2.45, 2.75) is 13.0 Å². The summed E-state index contributed by atoms with van der Waals surface area (Å²) < 4.78 is 0. The molecule has 1 heterocycles. The van der Waals surface area contributed by atoms with Gasteiger partial charge >= 0.3 is 5.97 Å². The monoisotopic (exact) mass is 287 g/mol. The van der Waals surface area contributed by atoms with Crippen molar-refractivity contribution >= 4 is 23.0 Å². The van der Waals surface area contributed by atoms with Crippen LogP contribution in [0, 0.1) is 11.3 Å². The molecule has 0 unspecified atom stereocenters. The van der Waals surface area contributed by atoms with Gasteiger partial charge in [-0.1, -0.05) is 18.2 Å². The zero-order valence-electron chi connectivity index (χ0n) is 10.7. The van der Waals surface area contributed by atoms with Crippen LogP contribution in [0.3, 0.4) is 0 Å². The third-order valence-corrected chi connectivity index (χ3v) is 3.58. The van der Waals surface area contributed by atoms with Crippen molar-refractivity contribution in [3.63, 3.8) is 0 Å². The van der Waals surface area contributed by atoms with Gasteiger partial charge in [0.25, 0.3) is 0 Å². The molecule has 1 aromatic carbocycles. The van der Waals surface area contributed by atoms with Crippen molar-refractivity contribution in [1.29, 1.82) is 5.26 Å². The predicted octanol–water partition coefficient (Wildman–Crippen LogP) is 2.76. The number of nitrogens with zero attached hydrogens (tertiary/aromatic N) is 3. The minimum atomic E-state index is -1.01. The number of aromatic nitrogens is 1. The molecule has 2 rings (SSSR count). The molecule has 1 aromatic heterocycles. The summed E-state index contributed by atoms with van der Waals surface area (Å²) in [4.78, 5) is 16.9. The Morgan fingerprint density at radius 3 is 2.75 bits per heavy atom. The Kier molecular flexibility index (Phi) is 4.69. The van der Waals surface area contributed by atoms with Gasteiger partial charge in [0.05, 0.1) is 24.7 Å². The van der Waals surface area contributed by atoms with E-state index in [0.29, 0.717) is 25.2 Å². The molecule has 0 bridgehead atoms. The average molecular weight is 287 g/mol. The Hall–Kier alpha value is -2.39. The Morgan fingerprint density at radius 1 is 1.40 bits per heavy atom. The predicted molar refractivity (Wildman–Crippen MR) is 76.8 cm³/mol. The van der Waals surface area contributed by atoms with Crippen molar-refractivity contribution in [1.82, 2.24) is 4.98 Å². The van der Waals surface area contributed by atoms with E-state index in [0.717, 1.165) is 17.0 Å². The van der Waals surface area contributed by atoms with E-state index in [4.69, 9.17) is 10.4 Å². The molecule has 0 saturated heterocycles. The fourth-order valence-electron chi connectivity index (χ4n) is 1.80. The van der Waals surface area contributed by atoms with Crippen LogP contribution >= 0.6 is 11.3 Å². The number of nitriles is 1. The van der Waals surface area contributed by atoms with Crippen molar-refractivity contribution < 1.29 is 9.90 Å². The molecule has 0 aliphatic rings. The number of benzene rings is 1. The maximum absolute atomic E-state index is 10.8. The van der Waals surface area contributed by atoms with Crippen LogP contribution in [0.5, 0.6) is 0 Å². The first kappa shape index (κ1) is 14.0. The largest absolute Gasteiger partial charge is 0.476 e. The standard InChI is InChI=1S/C14H13N3O2S/c15-7-4-8-17(12-5-2-1-3-6-12)9-11-10-20-13(16-11)14(18)19/h1-3,5-6,10H,4,8-9H2,(H,18,19). The first-order chi connectivity index (χ1) is 9.70. The van der Waals surface area contributed by atoms with Crippen LogP contribution in [0.25, 0.3) is 0 Å². The van der Waals surface area contributed by atoms with Gasteiger partial charge in [0, 0.05) is 17.6 Å². The number of aromatic carboxylic acids is 1. The van der Waals surface area contributed by atoms with Gasteiger partial charge in [0.2, 0.25) is 5.01 Å². The Morgan fingerprint density at radius 2 is 2.15 bits per heavy atom. The number of thiazole rings is 1. The summed E-state index contributed by atoms with van der Waals surface area (Å²) >= 11 is 1.12. The second kappa shape index (κ2) is 6.68. The van der Waals surface area contributed by atoms with Crippen LogP contribution in [0.1, 0.15) is 21.9 Å². The van der Waals surface area contributed by atoms with Gasteiger partial charge in [0.1, 0.15) is 0 Å². The van der Waals surface area contributed by atoms with E-state index in [2.05, 4.69) is 11.1 Å². The Labute approximate surface area is 120 Å². The first-order valence-electron chi connectivity index (χ1n) is 6.05. The lowest BCUT2D eigenvalue weighted by atomic mass is 10.2. The van der Waals surface area contributed by atoms with Crippen LogP contribution in [-0.4, -0.2) is 22.6 Å². The summed E-state index contributed by atoms with van der Waals surface area (Å²) in [6.07, 6.45) is 0.408. The lowest BCUT2D eigenvalue weighted by Crippen LogP contribution is -2.23. The van der Waals surface area contributed by atoms with Gasteiger partial charge < -0.3 is 10.0 Å². The molecule has 5 nitrogen and oxygen atoms in total. The van der Waals surface area contributed by atoms with Crippen molar-refractivity contribution in [2.75, 3.05) is 11.4 Å². The second-order valence-corrected chi connectivity index (χ2v) is 4.97. The molecule has 0 spiro atoms. The molecular weight excluding hydrogens is 274 g/mol. The summed E-state index contributed by atoms with van der Waals surface area (Å²) in [5.74, 6) is -1.01. The lowest BCUT2D eigenvalue weighted by molar-refractivity contribution is 0.0696. The molecule has 20 heavy (non-hydrogen) atoms. The first-order valence-corrected chi connectivity index (χ1v) is 6.93. The van der Waals surface area contributed by atoms with Gasteiger partial charge in [-0.25, -0.2) is 9.78 Å². The second-order valence-electron chi connectivity index (χ2n) is 4.11. The number of hydrogen-bond acceptors (Lipinski definition) is 5. The van der Waals surface area contributed by atoms with E-state index >= 15 is 0 Å². The highest BCUT2D eigenvalue weighted by molar-refractivity contribution is 7.11. The smallest absolute Gasteiger partial charge is 0.365 e. The number of carboxylic acid groups (broad SMARTS) is 1. The van der Waals surface area contributed by atoms with Crippen LogP contribution in [-0.2, 0) is 6.54 Å². The molecule has 102 valence electrons. The topological polar surface area (TPSA) is 77.2 Å². The molecule has 0 aliphatic heterocycles. The molecule has 0 saturated carbocycles. The van der Waals surface area contributed by atoms with Crippen LogP contribution in [0.2, 0.25) is 0 Å². The molecule has 0 atom stereocenters. The van der Waals surface area contributed by atoms with Crippen molar-refractivity contribution in [2.24, 2.45) is 0 Å². The molecule has 1 N–H and O–H groups in total. The summed E-state index contributed by atoms with van der Waals surface area (Å²) in [6, 6.07) is 11.8. The molecule has 0 radical (unpaired) electrons. The van der Waals surface area contributed by atoms with Gasteiger partial charge in [-0.05, 0) is 12.1 Å². The SMILES string of the molecule is N#CCCN(Cc1csc(C(=O)O)n1)c1ccccc1. The molecule has 0 aliphatic carbocycles. The number of rotatable bonds is 6. The van der Waals surface area contributed by atoms with E-state index in [-0.39, 0.29) is 5.01 Å². The molecule has 0 fully saturated rings. The van der Waals surface area contributed by atoms with Crippen LogP contribution in [0.4, 0.5) is 5.69 Å². The molecule has 2 aromatic rings. The number of carboxylic acids is 1. The zero-order valence-corrected chi connectivity index (χ0v) is 11.5. The normalized spacial score (nSPS) is 9.95. The molecule has 6 heteroatoms. The van der Waals surface area contributed by atoms with E-state index in [1.54, 1.807) is 5.38 Å². The summed E-state index contributed by atoms with van der Waals surface area (Å²) in [5, 5.41) is 19.5. The average Bonchev–Trinajstić information content (AvgIpc) is 2.93. The number of carbonyl (C=O) groups is 1. The summed E-state index contributed by atoms with van der Waals surface area (Å²) in [5.41, 5.74) is 1.70. The lowest BCUT2D eigenvalue weighted by Gasteiger charge is -2.22. The third kappa shape index (κ3) is 3.56. The summed E-state index contributed by atoms with van der Waals surface area (Å²) in [6.45, 7) is 1.08. The minimum absolute atomic E-state index is 0.0910. The van der Waals surface area contributed by atoms with Gasteiger partial charge in [0.15, 0.2) is 0 Å². The number of para-hydroxylation sites is 1. The highest BCUT2D eigenvalue weighted by atomic mass is 32.1. The van der Waals surface area contributed by atoms with Crippen LogP contribution in [0.15, 0.2) is 35.7 Å². The van der Waals surface area contributed by atoms with Crippen LogP contribution < -0.4 is 4.90 Å². The van der Waals surface area contributed by atoms with Gasteiger partial charge in [-0.3, -0.25) is 0 Å². The quantitative estimate of drug-likeness (QED) is 0.884. The molecule has 0 amide bonds. The minimum Gasteiger partial charge on any atom is -0.476 e. The Balaban J connectivity index is 2.15. The zero-order chi connectivity index (χ0) is 14.4. The highest BCUT2D eigenvalue weighted by Crippen LogP contribution is 2.18. The van der Waals surface area contributed by atoms with E-state index in [1.807, 2.05) is 35.2 Å². The van der Waals surface area contributed by atoms with Crippen molar-refractivity contribution in [3.05, 3.63) is 46.4 Å². The van der Waals surface area contributed by atoms with E-state index in [1.165, 1.54) is 0 Å². The summed E-state index contributed by atoms with van der Waals surface area (Å²) in [7, 11) is 0. The third-order valence-electron chi connectivity index (χ3n) is 2.70. The van der Waals surface area contributed by atoms with Crippen molar-refractivity contribution in [3.8, 4) is 6.07 Å². The fraction of sp³-hybridized carbons (Fsp3) is 0.214. The molecular formula is C14H13N3O2S. The number of hydrogen-bond donors (Lipinski definition) is 1. The Bertz CT molecular complexity index is 619. The van der Waals surface area contributed by atoms with Gasteiger partial charge in [-0.2, -0.15) is 5.26 Å².